The summed E-state index contributed by atoms with van der Waals surface area (Å²) in [6.45, 7) is 2.56. The lowest BCUT2D eigenvalue weighted by molar-refractivity contribution is 0.0933. The van der Waals surface area contributed by atoms with Crippen molar-refractivity contribution < 1.29 is 9.53 Å². The molecule has 1 saturated heterocycles. The van der Waals surface area contributed by atoms with Gasteiger partial charge < -0.3 is 10.1 Å². The molecule has 6 nitrogen and oxygen atoms in total. The van der Waals surface area contributed by atoms with Gasteiger partial charge in [0.2, 0.25) is 0 Å². The number of likely N-dealkylation sites (tertiary alicyclic amines) is 1. The van der Waals surface area contributed by atoms with E-state index in [0.717, 1.165) is 30.0 Å². The van der Waals surface area contributed by atoms with Crippen LogP contribution < -0.4 is 10.1 Å². The SMILES string of the molecule is COc1cccc(C(CNC(=O)c2cc(-c3ccccc3Cl)n[nH]2)N2CCCC2)c1. The van der Waals surface area contributed by atoms with Crippen LogP contribution in [0.2, 0.25) is 5.02 Å². The van der Waals surface area contributed by atoms with Crippen LogP contribution >= 0.6 is 11.6 Å². The zero-order valence-corrected chi connectivity index (χ0v) is 17.7. The van der Waals surface area contributed by atoms with Gasteiger partial charge in [-0.1, -0.05) is 41.9 Å². The van der Waals surface area contributed by atoms with Gasteiger partial charge >= 0.3 is 0 Å². The molecule has 2 heterocycles. The number of halogens is 1. The summed E-state index contributed by atoms with van der Waals surface area (Å²) in [4.78, 5) is 15.2. The molecule has 1 aliphatic rings. The number of carbonyl (C=O) groups excluding carboxylic acids is 1. The summed E-state index contributed by atoms with van der Waals surface area (Å²) >= 11 is 6.25. The molecule has 0 radical (unpaired) electrons. The van der Waals surface area contributed by atoms with E-state index in [1.165, 1.54) is 12.8 Å². The Morgan fingerprint density at radius 1 is 1.20 bits per heavy atom. The van der Waals surface area contributed by atoms with Crippen molar-refractivity contribution in [2.45, 2.75) is 18.9 Å². The van der Waals surface area contributed by atoms with Crippen LogP contribution in [0.3, 0.4) is 0 Å². The molecule has 0 bridgehead atoms. The molecular formula is C23H25ClN4O2. The molecule has 2 aromatic carbocycles. The number of benzene rings is 2. The van der Waals surface area contributed by atoms with Gasteiger partial charge in [0.05, 0.1) is 23.9 Å². The molecule has 1 atom stereocenters. The zero-order valence-electron chi connectivity index (χ0n) is 16.9. The van der Waals surface area contributed by atoms with Crippen molar-refractivity contribution in [3.63, 3.8) is 0 Å². The number of hydrogen-bond donors (Lipinski definition) is 2. The van der Waals surface area contributed by atoms with Gasteiger partial charge in [0, 0.05) is 12.1 Å². The lowest BCUT2D eigenvalue weighted by Gasteiger charge is -2.28. The zero-order chi connectivity index (χ0) is 20.9. The van der Waals surface area contributed by atoms with E-state index in [1.807, 2.05) is 36.4 Å². The first kappa shape index (κ1) is 20.4. The van der Waals surface area contributed by atoms with Crippen LogP contribution in [0.5, 0.6) is 5.75 Å². The third-order valence-corrected chi connectivity index (χ3v) is 5.82. The Kier molecular flexibility index (Phi) is 6.35. The van der Waals surface area contributed by atoms with Gasteiger partial charge in [-0.3, -0.25) is 14.8 Å². The van der Waals surface area contributed by atoms with Crippen LogP contribution in [-0.2, 0) is 0 Å². The molecule has 1 aromatic heterocycles. The minimum atomic E-state index is -0.187. The Morgan fingerprint density at radius 3 is 2.77 bits per heavy atom. The molecule has 1 unspecified atom stereocenters. The summed E-state index contributed by atoms with van der Waals surface area (Å²) in [6.07, 6.45) is 2.35. The number of amides is 1. The lowest BCUT2D eigenvalue weighted by Crippen LogP contribution is -2.37. The van der Waals surface area contributed by atoms with Crippen molar-refractivity contribution in [1.82, 2.24) is 20.4 Å². The first-order valence-electron chi connectivity index (χ1n) is 10.1. The highest BCUT2D eigenvalue weighted by molar-refractivity contribution is 6.33. The van der Waals surface area contributed by atoms with E-state index in [1.54, 1.807) is 19.2 Å². The predicted molar refractivity (Wildman–Crippen MR) is 118 cm³/mol. The molecule has 30 heavy (non-hydrogen) atoms. The molecule has 1 fully saturated rings. The number of ether oxygens (including phenoxy) is 1. The average molecular weight is 425 g/mol. The van der Waals surface area contributed by atoms with E-state index >= 15 is 0 Å². The summed E-state index contributed by atoms with van der Waals surface area (Å²) in [6, 6.07) is 17.3. The Bertz CT molecular complexity index is 1010. The molecule has 3 aromatic rings. The third-order valence-electron chi connectivity index (χ3n) is 5.49. The number of H-pyrrole nitrogens is 1. The summed E-state index contributed by atoms with van der Waals surface area (Å²) in [5, 5.41) is 10.8. The fraction of sp³-hybridized carbons (Fsp3) is 0.304. The number of hydrogen-bond acceptors (Lipinski definition) is 4. The van der Waals surface area contributed by atoms with Gasteiger partial charge in [-0.2, -0.15) is 5.10 Å². The molecule has 7 heteroatoms. The standard InChI is InChI=1S/C23H25ClN4O2/c1-30-17-8-6-7-16(13-17)22(28-11-4-5-12-28)15-25-23(29)21-14-20(26-27-21)18-9-2-3-10-19(18)24/h2-3,6-10,13-14,22H,4-5,11-12,15H2,1H3,(H,25,29)(H,26,27). The van der Waals surface area contributed by atoms with Gasteiger partial charge in [0.1, 0.15) is 11.4 Å². The summed E-state index contributed by atoms with van der Waals surface area (Å²) in [5.74, 6) is 0.633. The molecule has 1 amide bonds. The van der Waals surface area contributed by atoms with Crippen molar-refractivity contribution in [3.8, 4) is 17.0 Å². The molecule has 4 rings (SSSR count). The molecule has 2 N–H and O–H groups in total. The topological polar surface area (TPSA) is 70.2 Å². The Balaban J connectivity index is 1.48. The second-order valence-electron chi connectivity index (χ2n) is 7.39. The lowest BCUT2D eigenvalue weighted by atomic mass is 10.0. The van der Waals surface area contributed by atoms with E-state index in [-0.39, 0.29) is 11.9 Å². The van der Waals surface area contributed by atoms with Gasteiger partial charge in [-0.15, -0.1) is 0 Å². The van der Waals surface area contributed by atoms with Crippen LogP contribution in [0, 0.1) is 0 Å². The average Bonchev–Trinajstić information content (AvgIpc) is 3.47. The molecular weight excluding hydrogens is 400 g/mol. The number of carbonyl (C=O) groups is 1. The summed E-state index contributed by atoms with van der Waals surface area (Å²) in [7, 11) is 1.67. The fourth-order valence-corrected chi connectivity index (χ4v) is 4.12. The molecule has 1 aliphatic heterocycles. The minimum Gasteiger partial charge on any atom is -0.497 e. The Labute approximate surface area is 181 Å². The highest BCUT2D eigenvalue weighted by Gasteiger charge is 2.25. The van der Waals surface area contributed by atoms with Crippen molar-refractivity contribution in [1.29, 1.82) is 0 Å². The third kappa shape index (κ3) is 4.50. The van der Waals surface area contributed by atoms with E-state index < -0.39 is 0 Å². The molecule has 0 spiro atoms. The second kappa shape index (κ2) is 9.32. The van der Waals surface area contributed by atoms with Crippen LogP contribution in [-0.4, -0.2) is 47.7 Å². The molecule has 156 valence electrons. The normalized spacial score (nSPS) is 15.1. The number of rotatable bonds is 7. The minimum absolute atomic E-state index is 0.0949. The highest BCUT2D eigenvalue weighted by Crippen LogP contribution is 2.28. The molecule has 0 saturated carbocycles. The maximum atomic E-state index is 12.8. The van der Waals surface area contributed by atoms with Gasteiger partial charge in [-0.25, -0.2) is 0 Å². The smallest absolute Gasteiger partial charge is 0.269 e. The van der Waals surface area contributed by atoms with Gasteiger partial charge in [0.25, 0.3) is 5.91 Å². The first-order valence-corrected chi connectivity index (χ1v) is 10.5. The van der Waals surface area contributed by atoms with Crippen LogP contribution in [0.25, 0.3) is 11.3 Å². The number of nitrogens with one attached hydrogen (secondary N) is 2. The van der Waals surface area contributed by atoms with E-state index in [9.17, 15) is 4.79 Å². The first-order chi connectivity index (χ1) is 14.7. The molecule has 0 aliphatic carbocycles. The fourth-order valence-electron chi connectivity index (χ4n) is 3.89. The number of nitrogens with zero attached hydrogens (tertiary/aromatic N) is 2. The Morgan fingerprint density at radius 2 is 2.00 bits per heavy atom. The van der Waals surface area contributed by atoms with Crippen molar-refractivity contribution in [3.05, 3.63) is 70.9 Å². The van der Waals surface area contributed by atoms with E-state index in [0.29, 0.717) is 23.0 Å². The predicted octanol–water partition coefficient (Wildman–Crippen LogP) is 4.31. The van der Waals surface area contributed by atoms with E-state index in [2.05, 4.69) is 26.5 Å². The summed E-state index contributed by atoms with van der Waals surface area (Å²) in [5.41, 5.74) is 2.99. The van der Waals surface area contributed by atoms with Crippen LogP contribution in [0.15, 0.2) is 54.6 Å². The summed E-state index contributed by atoms with van der Waals surface area (Å²) < 4.78 is 5.39. The maximum Gasteiger partial charge on any atom is 0.269 e. The Hall–Kier alpha value is -2.83. The van der Waals surface area contributed by atoms with Crippen molar-refractivity contribution >= 4 is 17.5 Å². The number of aromatic amines is 1. The quantitative estimate of drug-likeness (QED) is 0.593. The van der Waals surface area contributed by atoms with Crippen LogP contribution in [0.1, 0.15) is 34.9 Å². The van der Waals surface area contributed by atoms with Gasteiger partial charge in [0.15, 0.2) is 0 Å². The van der Waals surface area contributed by atoms with Gasteiger partial charge in [-0.05, 0) is 55.8 Å². The van der Waals surface area contributed by atoms with E-state index in [4.69, 9.17) is 16.3 Å². The highest BCUT2D eigenvalue weighted by atomic mass is 35.5. The monoisotopic (exact) mass is 424 g/mol. The number of methoxy groups -OCH3 is 1. The largest absolute Gasteiger partial charge is 0.497 e. The van der Waals surface area contributed by atoms with Crippen LogP contribution in [0.4, 0.5) is 0 Å². The van der Waals surface area contributed by atoms with Crippen molar-refractivity contribution in [2.24, 2.45) is 0 Å². The number of aromatic nitrogens is 2. The second-order valence-corrected chi connectivity index (χ2v) is 7.80. The maximum absolute atomic E-state index is 12.8. The van der Waals surface area contributed by atoms with Crippen molar-refractivity contribution in [2.75, 3.05) is 26.7 Å².